The fourth-order valence-electron chi connectivity index (χ4n) is 2.28. The van der Waals surface area contributed by atoms with Crippen molar-refractivity contribution in [2.24, 2.45) is 5.11 Å². The number of aryl methyl sites for hydroxylation is 1. The minimum Gasteiger partial charge on any atom is -0.462 e. The molecule has 0 saturated carbocycles. The Hall–Kier alpha value is -2.79. The fourth-order valence-corrected chi connectivity index (χ4v) is 2.28. The van der Waals surface area contributed by atoms with Crippen molar-refractivity contribution in [1.29, 1.82) is 0 Å². The Morgan fingerprint density at radius 2 is 2.36 bits per heavy atom. The third kappa shape index (κ3) is 3.45. The Kier molecular flexibility index (Phi) is 5.16. The van der Waals surface area contributed by atoms with Crippen molar-refractivity contribution in [3.63, 3.8) is 0 Å². The Morgan fingerprint density at radius 1 is 1.55 bits per heavy atom. The third-order valence-electron chi connectivity index (χ3n) is 3.26. The molecular formula is C15H17N5O2. The Bertz CT molecular complexity index is 702. The zero-order chi connectivity index (χ0) is 15.9. The SMILES string of the molecule is CCOC(=O)c1cc(C)n(Cc2cccnc2)c1CN=[N+]=[N-]. The van der Waals surface area contributed by atoms with Gasteiger partial charge in [-0.25, -0.2) is 4.79 Å². The molecule has 0 aliphatic rings. The van der Waals surface area contributed by atoms with Crippen LogP contribution >= 0.6 is 0 Å². The van der Waals surface area contributed by atoms with Gasteiger partial charge in [-0.15, -0.1) is 0 Å². The minimum atomic E-state index is -0.404. The molecule has 0 bridgehead atoms. The van der Waals surface area contributed by atoms with Gasteiger partial charge in [-0.05, 0) is 37.1 Å². The number of ether oxygens (including phenoxy) is 1. The van der Waals surface area contributed by atoms with Crippen molar-refractivity contribution in [2.75, 3.05) is 6.61 Å². The molecule has 0 radical (unpaired) electrons. The maximum atomic E-state index is 12.1. The predicted octanol–water partition coefficient (Wildman–Crippen LogP) is 3.23. The highest BCUT2D eigenvalue weighted by Gasteiger charge is 2.19. The molecule has 0 N–H and O–H groups in total. The molecule has 2 heterocycles. The summed E-state index contributed by atoms with van der Waals surface area (Å²) in [6.45, 7) is 4.60. The summed E-state index contributed by atoms with van der Waals surface area (Å²) < 4.78 is 7.01. The Balaban J connectivity index is 2.42. The van der Waals surface area contributed by atoms with Gasteiger partial charge in [0.25, 0.3) is 0 Å². The first-order valence-corrected chi connectivity index (χ1v) is 6.93. The monoisotopic (exact) mass is 299 g/mol. The number of azide groups is 1. The number of aromatic nitrogens is 2. The molecule has 2 rings (SSSR count). The molecular weight excluding hydrogens is 282 g/mol. The first-order valence-electron chi connectivity index (χ1n) is 6.93. The van der Waals surface area contributed by atoms with Crippen molar-refractivity contribution in [3.8, 4) is 0 Å². The highest BCUT2D eigenvalue weighted by molar-refractivity contribution is 5.91. The number of esters is 1. The molecule has 0 unspecified atom stereocenters. The lowest BCUT2D eigenvalue weighted by Crippen LogP contribution is -2.11. The maximum absolute atomic E-state index is 12.1. The second-order valence-corrected chi connectivity index (χ2v) is 4.70. The molecule has 0 saturated heterocycles. The van der Waals surface area contributed by atoms with E-state index >= 15 is 0 Å². The van der Waals surface area contributed by atoms with Gasteiger partial charge < -0.3 is 9.30 Å². The first kappa shape index (κ1) is 15.6. The molecule has 2 aromatic rings. The van der Waals surface area contributed by atoms with Gasteiger partial charge in [-0.2, -0.15) is 0 Å². The quantitative estimate of drug-likeness (QED) is 0.355. The molecule has 0 spiro atoms. The lowest BCUT2D eigenvalue weighted by atomic mass is 10.2. The fraction of sp³-hybridized carbons (Fsp3) is 0.333. The minimum absolute atomic E-state index is 0.0960. The second-order valence-electron chi connectivity index (χ2n) is 4.70. The van der Waals surface area contributed by atoms with Gasteiger partial charge in [-0.3, -0.25) is 4.98 Å². The van der Waals surface area contributed by atoms with Crippen LogP contribution in [0, 0.1) is 6.92 Å². The molecule has 2 aromatic heterocycles. The topological polar surface area (TPSA) is 92.9 Å². The van der Waals surface area contributed by atoms with Gasteiger partial charge in [0.1, 0.15) is 0 Å². The van der Waals surface area contributed by atoms with E-state index in [0.717, 1.165) is 11.3 Å². The Morgan fingerprint density at radius 3 is 3.00 bits per heavy atom. The summed E-state index contributed by atoms with van der Waals surface area (Å²) in [7, 11) is 0. The van der Waals surface area contributed by atoms with E-state index in [4.69, 9.17) is 10.3 Å². The molecule has 22 heavy (non-hydrogen) atoms. The average molecular weight is 299 g/mol. The van der Waals surface area contributed by atoms with Crippen LogP contribution < -0.4 is 0 Å². The van der Waals surface area contributed by atoms with Gasteiger partial charge >= 0.3 is 5.97 Å². The first-order chi connectivity index (χ1) is 10.7. The normalized spacial score (nSPS) is 10.1. The molecule has 0 fully saturated rings. The van der Waals surface area contributed by atoms with Crippen molar-refractivity contribution < 1.29 is 9.53 Å². The van der Waals surface area contributed by atoms with Gasteiger partial charge in [0.15, 0.2) is 0 Å². The van der Waals surface area contributed by atoms with Gasteiger partial charge in [0.2, 0.25) is 0 Å². The molecule has 7 heteroatoms. The smallest absolute Gasteiger partial charge is 0.339 e. The van der Waals surface area contributed by atoms with E-state index in [1.165, 1.54) is 0 Å². The lowest BCUT2D eigenvalue weighted by Gasteiger charge is -2.11. The zero-order valence-electron chi connectivity index (χ0n) is 12.6. The van der Waals surface area contributed by atoms with Crippen LogP contribution in [0.1, 0.15) is 34.2 Å². The van der Waals surface area contributed by atoms with E-state index in [9.17, 15) is 4.79 Å². The van der Waals surface area contributed by atoms with Crippen molar-refractivity contribution in [1.82, 2.24) is 9.55 Å². The standard InChI is InChI=1S/C15H17N5O2/c1-3-22-15(21)13-7-11(2)20(14(13)9-18-19-16)10-12-5-4-6-17-8-12/h4-8H,3,9-10H2,1-2H3. The summed E-state index contributed by atoms with van der Waals surface area (Å²) in [6, 6.07) is 5.57. The summed E-state index contributed by atoms with van der Waals surface area (Å²) in [6.07, 6.45) is 3.47. The van der Waals surface area contributed by atoms with E-state index in [1.807, 2.05) is 23.6 Å². The zero-order valence-corrected chi connectivity index (χ0v) is 12.6. The molecule has 0 aliphatic carbocycles. The number of rotatable bonds is 6. The maximum Gasteiger partial charge on any atom is 0.339 e. The second kappa shape index (κ2) is 7.28. The van der Waals surface area contributed by atoms with Crippen LogP contribution in [0.5, 0.6) is 0 Å². The van der Waals surface area contributed by atoms with Gasteiger partial charge in [0.05, 0.1) is 18.7 Å². The number of nitrogens with zero attached hydrogens (tertiary/aromatic N) is 5. The summed E-state index contributed by atoms with van der Waals surface area (Å²) in [5.74, 6) is -0.404. The summed E-state index contributed by atoms with van der Waals surface area (Å²) in [5.41, 5.74) is 11.6. The largest absolute Gasteiger partial charge is 0.462 e. The number of hydrogen-bond donors (Lipinski definition) is 0. The number of hydrogen-bond acceptors (Lipinski definition) is 4. The molecule has 0 aromatic carbocycles. The van der Waals surface area contributed by atoms with Crippen molar-refractivity contribution in [3.05, 3.63) is 63.6 Å². The highest BCUT2D eigenvalue weighted by Crippen LogP contribution is 2.20. The molecule has 0 amide bonds. The van der Waals surface area contributed by atoms with Crippen LogP contribution in [0.3, 0.4) is 0 Å². The molecule has 7 nitrogen and oxygen atoms in total. The average Bonchev–Trinajstić information content (AvgIpc) is 2.83. The van der Waals surface area contributed by atoms with E-state index < -0.39 is 5.97 Å². The van der Waals surface area contributed by atoms with E-state index in [-0.39, 0.29) is 6.54 Å². The number of pyridine rings is 1. The third-order valence-corrected chi connectivity index (χ3v) is 3.26. The van der Waals surface area contributed by atoms with Crippen LogP contribution in [0.15, 0.2) is 35.7 Å². The number of carbonyl (C=O) groups excluding carboxylic acids is 1. The molecule has 0 atom stereocenters. The predicted molar refractivity (Wildman–Crippen MR) is 81.3 cm³/mol. The van der Waals surface area contributed by atoms with Gasteiger partial charge in [0, 0.05) is 35.2 Å². The van der Waals surface area contributed by atoms with E-state index in [0.29, 0.717) is 24.4 Å². The summed E-state index contributed by atoms with van der Waals surface area (Å²) in [4.78, 5) is 18.9. The summed E-state index contributed by atoms with van der Waals surface area (Å²) >= 11 is 0. The van der Waals surface area contributed by atoms with Crippen LogP contribution in [0.4, 0.5) is 0 Å². The Labute approximate surface area is 128 Å². The van der Waals surface area contributed by atoms with Crippen LogP contribution in [0.25, 0.3) is 10.4 Å². The van der Waals surface area contributed by atoms with Crippen LogP contribution in [-0.2, 0) is 17.8 Å². The summed E-state index contributed by atoms with van der Waals surface area (Å²) in [5, 5.41) is 3.60. The van der Waals surface area contributed by atoms with E-state index in [2.05, 4.69) is 15.0 Å². The van der Waals surface area contributed by atoms with Gasteiger partial charge in [-0.1, -0.05) is 11.2 Å². The number of carbonyl (C=O) groups is 1. The van der Waals surface area contributed by atoms with Crippen LogP contribution in [0.2, 0.25) is 0 Å². The van der Waals surface area contributed by atoms with Crippen molar-refractivity contribution >= 4 is 5.97 Å². The van der Waals surface area contributed by atoms with Crippen molar-refractivity contribution in [2.45, 2.75) is 26.9 Å². The molecule has 0 aliphatic heterocycles. The van der Waals surface area contributed by atoms with Crippen LogP contribution in [-0.4, -0.2) is 22.1 Å². The molecule has 114 valence electrons. The highest BCUT2D eigenvalue weighted by atomic mass is 16.5. The van der Waals surface area contributed by atoms with E-state index in [1.54, 1.807) is 25.4 Å². The lowest BCUT2D eigenvalue weighted by molar-refractivity contribution is 0.0525.